The van der Waals surface area contributed by atoms with Crippen molar-refractivity contribution in [2.75, 3.05) is 19.5 Å². The lowest BCUT2D eigenvalue weighted by Crippen LogP contribution is -2.08. The van der Waals surface area contributed by atoms with Crippen molar-refractivity contribution in [2.45, 2.75) is 6.92 Å². The van der Waals surface area contributed by atoms with Gasteiger partial charge in [-0.3, -0.25) is 0 Å². The Hall–Kier alpha value is -2.23. The van der Waals surface area contributed by atoms with E-state index in [0.29, 0.717) is 17.9 Å². The molecule has 2 rings (SSSR count). The van der Waals surface area contributed by atoms with Crippen molar-refractivity contribution in [2.24, 2.45) is 0 Å². The van der Waals surface area contributed by atoms with Crippen molar-refractivity contribution in [1.29, 1.82) is 0 Å². The summed E-state index contributed by atoms with van der Waals surface area (Å²) in [5.74, 6) is 0.328. The number of anilines is 1. The molecule has 0 bridgehead atoms. The van der Waals surface area contributed by atoms with Crippen molar-refractivity contribution in [1.82, 2.24) is 0 Å². The maximum absolute atomic E-state index is 11.7. The zero-order valence-electron chi connectivity index (χ0n) is 10.4. The fourth-order valence-corrected chi connectivity index (χ4v) is 1.88. The third-order valence-electron chi connectivity index (χ3n) is 2.73. The Labute approximate surface area is 105 Å². The summed E-state index contributed by atoms with van der Waals surface area (Å²) in [6, 6.07) is 9.09. The molecule has 4 heteroatoms. The molecule has 0 radical (unpaired) electrons. The number of fused-ring (bicyclic) bond motifs is 1. The van der Waals surface area contributed by atoms with Gasteiger partial charge in [0.15, 0.2) is 0 Å². The van der Waals surface area contributed by atoms with Crippen LogP contribution in [-0.2, 0) is 4.74 Å². The highest BCUT2D eigenvalue weighted by Gasteiger charge is 2.13. The van der Waals surface area contributed by atoms with E-state index in [2.05, 4.69) is 0 Å². The number of nitrogen functional groups attached to an aromatic ring is 1. The molecule has 0 aromatic heterocycles. The first-order chi connectivity index (χ1) is 8.67. The predicted octanol–water partition coefficient (Wildman–Crippen LogP) is 2.61. The summed E-state index contributed by atoms with van der Waals surface area (Å²) in [4.78, 5) is 11.7. The van der Waals surface area contributed by atoms with E-state index in [1.54, 1.807) is 26.2 Å². The fourth-order valence-electron chi connectivity index (χ4n) is 1.88. The van der Waals surface area contributed by atoms with Crippen LogP contribution < -0.4 is 10.5 Å². The number of rotatable bonds is 3. The normalized spacial score (nSPS) is 10.3. The molecular weight excluding hydrogens is 230 g/mol. The summed E-state index contributed by atoms with van der Waals surface area (Å²) in [5, 5.41) is 1.78. The van der Waals surface area contributed by atoms with Crippen LogP contribution in [0, 0.1) is 0 Å². The summed E-state index contributed by atoms with van der Waals surface area (Å²) in [6.07, 6.45) is 0. The van der Waals surface area contributed by atoms with Gasteiger partial charge in [-0.15, -0.1) is 0 Å². The van der Waals surface area contributed by atoms with Crippen molar-refractivity contribution in [3.05, 3.63) is 35.9 Å². The summed E-state index contributed by atoms with van der Waals surface area (Å²) in [5.41, 5.74) is 6.67. The minimum absolute atomic E-state index is 0.328. The molecule has 0 saturated carbocycles. The van der Waals surface area contributed by atoms with E-state index in [0.717, 1.165) is 16.5 Å². The minimum Gasteiger partial charge on any atom is -0.496 e. The number of methoxy groups -OCH3 is 1. The zero-order valence-corrected chi connectivity index (χ0v) is 10.4. The lowest BCUT2D eigenvalue weighted by atomic mass is 10.0. The summed E-state index contributed by atoms with van der Waals surface area (Å²) < 4.78 is 10.2. The van der Waals surface area contributed by atoms with Crippen molar-refractivity contribution >= 4 is 22.4 Å². The Bertz CT molecular complexity index is 593. The molecular formula is C14H15NO3. The van der Waals surface area contributed by atoms with Crippen LogP contribution >= 0.6 is 0 Å². The number of hydrogen-bond acceptors (Lipinski definition) is 4. The average molecular weight is 245 g/mol. The number of hydrogen-bond donors (Lipinski definition) is 1. The van der Waals surface area contributed by atoms with Crippen LogP contribution in [0.2, 0.25) is 0 Å². The average Bonchev–Trinajstić information content (AvgIpc) is 2.37. The van der Waals surface area contributed by atoms with Crippen LogP contribution in [0.5, 0.6) is 5.75 Å². The van der Waals surface area contributed by atoms with E-state index in [-0.39, 0.29) is 0 Å². The van der Waals surface area contributed by atoms with Crippen LogP contribution in [0.3, 0.4) is 0 Å². The van der Waals surface area contributed by atoms with Crippen LogP contribution in [0.4, 0.5) is 5.69 Å². The lowest BCUT2D eigenvalue weighted by Gasteiger charge is -2.10. The highest BCUT2D eigenvalue weighted by atomic mass is 16.5. The summed E-state index contributed by atoms with van der Waals surface area (Å²) in [7, 11) is 1.60. The van der Waals surface area contributed by atoms with Crippen LogP contribution in [0.25, 0.3) is 10.8 Å². The van der Waals surface area contributed by atoms with E-state index in [4.69, 9.17) is 15.2 Å². The number of esters is 1. The first kappa shape index (κ1) is 12.2. The number of carbonyl (C=O) groups excluding carboxylic acids is 1. The van der Waals surface area contributed by atoms with E-state index in [1.807, 2.05) is 18.2 Å². The van der Waals surface area contributed by atoms with Gasteiger partial charge in [-0.1, -0.05) is 12.1 Å². The molecule has 0 spiro atoms. The monoisotopic (exact) mass is 245 g/mol. The highest BCUT2D eigenvalue weighted by molar-refractivity contribution is 6.02. The molecule has 0 aliphatic heterocycles. The Balaban J connectivity index is 2.59. The number of carbonyl (C=O) groups is 1. The van der Waals surface area contributed by atoms with E-state index < -0.39 is 5.97 Å². The Morgan fingerprint density at radius 1 is 1.33 bits per heavy atom. The molecule has 0 amide bonds. The molecule has 0 aliphatic carbocycles. The third-order valence-corrected chi connectivity index (χ3v) is 2.73. The lowest BCUT2D eigenvalue weighted by molar-refractivity contribution is 0.0528. The molecule has 0 unspecified atom stereocenters. The molecule has 2 aromatic rings. The molecule has 2 aromatic carbocycles. The second-order valence-corrected chi connectivity index (χ2v) is 3.84. The summed E-state index contributed by atoms with van der Waals surface area (Å²) in [6.45, 7) is 2.09. The highest BCUT2D eigenvalue weighted by Crippen LogP contribution is 2.29. The quantitative estimate of drug-likeness (QED) is 0.667. The summed E-state index contributed by atoms with van der Waals surface area (Å²) >= 11 is 0. The predicted molar refractivity (Wildman–Crippen MR) is 70.9 cm³/mol. The first-order valence-corrected chi connectivity index (χ1v) is 5.70. The second-order valence-electron chi connectivity index (χ2n) is 3.84. The topological polar surface area (TPSA) is 61.5 Å². The standard InChI is InChI=1S/C14H15NO3/c1-3-18-14(16)11-7-9-5-4-6-13(17-2)10(9)8-12(11)15/h4-8H,3,15H2,1-2H3. The third kappa shape index (κ3) is 2.09. The molecule has 0 aliphatic rings. The van der Waals surface area contributed by atoms with Gasteiger partial charge in [-0.25, -0.2) is 4.79 Å². The molecule has 94 valence electrons. The molecule has 0 saturated heterocycles. The second kappa shape index (κ2) is 4.96. The molecule has 4 nitrogen and oxygen atoms in total. The maximum atomic E-state index is 11.7. The molecule has 0 heterocycles. The van der Waals surface area contributed by atoms with E-state index in [9.17, 15) is 4.79 Å². The molecule has 0 atom stereocenters. The van der Waals surface area contributed by atoms with Gasteiger partial charge in [0.05, 0.1) is 19.3 Å². The SMILES string of the molecule is CCOC(=O)c1cc2cccc(OC)c2cc1N. The maximum Gasteiger partial charge on any atom is 0.340 e. The van der Waals surface area contributed by atoms with Crippen LogP contribution in [0.1, 0.15) is 17.3 Å². The fraction of sp³-hybridized carbons (Fsp3) is 0.214. The molecule has 18 heavy (non-hydrogen) atoms. The van der Waals surface area contributed by atoms with Gasteiger partial charge in [0, 0.05) is 11.1 Å². The number of ether oxygens (including phenoxy) is 2. The zero-order chi connectivity index (χ0) is 13.1. The molecule has 2 N–H and O–H groups in total. The van der Waals surface area contributed by atoms with Crippen molar-refractivity contribution in [3.8, 4) is 5.75 Å². The largest absolute Gasteiger partial charge is 0.496 e. The Morgan fingerprint density at radius 2 is 2.11 bits per heavy atom. The van der Waals surface area contributed by atoms with Gasteiger partial charge >= 0.3 is 5.97 Å². The van der Waals surface area contributed by atoms with Crippen molar-refractivity contribution in [3.63, 3.8) is 0 Å². The van der Waals surface area contributed by atoms with Crippen molar-refractivity contribution < 1.29 is 14.3 Å². The minimum atomic E-state index is -0.403. The van der Waals surface area contributed by atoms with E-state index in [1.165, 1.54) is 0 Å². The Kier molecular flexibility index (Phi) is 3.37. The van der Waals surface area contributed by atoms with Gasteiger partial charge in [0.2, 0.25) is 0 Å². The number of benzene rings is 2. The molecule has 0 fully saturated rings. The smallest absolute Gasteiger partial charge is 0.340 e. The van der Waals surface area contributed by atoms with Gasteiger partial charge in [0.1, 0.15) is 5.75 Å². The van der Waals surface area contributed by atoms with Crippen LogP contribution in [0.15, 0.2) is 30.3 Å². The van der Waals surface area contributed by atoms with Gasteiger partial charge in [0.25, 0.3) is 0 Å². The first-order valence-electron chi connectivity index (χ1n) is 5.70. The van der Waals surface area contributed by atoms with Gasteiger partial charge in [-0.05, 0) is 30.5 Å². The Morgan fingerprint density at radius 3 is 2.78 bits per heavy atom. The van der Waals surface area contributed by atoms with E-state index >= 15 is 0 Å². The van der Waals surface area contributed by atoms with Gasteiger partial charge in [-0.2, -0.15) is 0 Å². The number of nitrogens with two attached hydrogens (primary N) is 1. The van der Waals surface area contributed by atoms with Gasteiger partial charge < -0.3 is 15.2 Å². The van der Waals surface area contributed by atoms with Crippen LogP contribution in [-0.4, -0.2) is 19.7 Å².